The molecule has 4 heterocycles. The Morgan fingerprint density at radius 2 is 1.80 bits per heavy atom. The number of thiol groups is 1. The molecule has 1 aliphatic carbocycles. The monoisotopic (exact) mass is 665 g/mol. The molecule has 1 amide bonds. The molecule has 1 unspecified atom stereocenters. The average molecular weight is 666 g/mol. The predicted molar refractivity (Wildman–Crippen MR) is 167 cm³/mol. The summed E-state index contributed by atoms with van der Waals surface area (Å²) in [5, 5.41) is -0.123. The number of aromatic nitrogens is 3. The van der Waals surface area contributed by atoms with E-state index in [9.17, 15) is 31.5 Å². The zero-order valence-corrected chi connectivity index (χ0v) is 26.4. The highest BCUT2D eigenvalue weighted by Crippen LogP contribution is 2.54. The smallest absolute Gasteiger partial charge is 0.416 e. The maximum Gasteiger partial charge on any atom is 0.416 e. The Kier molecular flexibility index (Phi) is 8.53. The van der Waals surface area contributed by atoms with Crippen molar-refractivity contribution < 1.29 is 31.5 Å². The minimum absolute atomic E-state index is 0.00762. The van der Waals surface area contributed by atoms with Crippen LogP contribution < -0.4 is 15.3 Å². The summed E-state index contributed by atoms with van der Waals surface area (Å²) in [5.74, 6) is -2.40. The molecule has 3 aromatic rings. The normalized spacial score (nSPS) is 26.1. The number of halogens is 5. The summed E-state index contributed by atoms with van der Waals surface area (Å²) >= 11 is 0. The van der Waals surface area contributed by atoms with E-state index in [1.54, 1.807) is 34.2 Å². The number of hydrogen-bond donors (Lipinski definition) is 1. The Morgan fingerprint density at radius 3 is 2.41 bits per heavy atom. The minimum Gasteiger partial charge on any atom is -0.472 e. The van der Waals surface area contributed by atoms with E-state index in [2.05, 4.69) is 16.5 Å². The Labute approximate surface area is 265 Å². The van der Waals surface area contributed by atoms with Crippen molar-refractivity contribution in [2.45, 2.75) is 86.5 Å². The fourth-order valence-corrected chi connectivity index (χ4v) is 10.3. The molecule has 2 aromatic heterocycles. The number of pyridine rings is 1. The van der Waals surface area contributed by atoms with Gasteiger partial charge in [-0.3, -0.25) is 9.36 Å². The standard InChI is InChI=1S/C32H36F5N5O3S/c1-4-27(43)42-19(2)15-40(16-20(42)3)29-24-13-21(32(35,36)37)14-25-28(24)41(30(44)39-29)17-22(45-26-7-5-6-12-38-26)18-46(25)23-8-10-31(33,34)11-9-23/h4-7,12-14,19-20,22-23,46H,1,8-11,15-18H2,2-3H3/t19-,20+,22-/m0/s1. The SMILES string of the molecule is C=CC(=O)N1[C@H](C)CN(c2nc(=O)n3c4c(cc(C(F)(F)F)cc24)[SH](C2CCC(F)(F)CC2)C[C@@H](Oc2ccccn2)C3)C[C@@H]1C. The first kappa shape index (κ1) is 32.3. The third-order valence-corrected chi connectivity index (χ3v) is 12.3. The van der Waals surface area contributed by atoms with Crippen molar-refractivity contribution in [3.05, 3.63) is 65.2 Å². The van der Waals surface area contributed by atoms with Crippen LogP contribution in [0.1, 0.15) is 45.1 Å². The van der Waals surface area contributed by atoms with E-state index in [1.165, 1.54) is 10.6 Å². The number of amides is 1. The Morgan fingerprint density at radius 1 is 1.11 bits per heavy atom. The van der Waals surface area contributed by atoms with E-state index in [0.717, 1.165) is 12.1 Å². The van der Waals surface area contributed by atoms with Gasteiger partial charge in [-0.1, -0.05) is 12.6 Å². The van der Waals surface area contributed by atoms with Crippen LogP contribution >= 0.6 is 10.9 Å². The quantitative estimate of drug-likeness (QED) is 0.210. The van der Waals surface area contributed by atoms with Gasteiger partial charge in [-0.25, -0.2) is 29.5 Å². The third kappa shape index (κ3) is 6.19. The highest BCUT2D eigenvalue weighted by molar-refractivity contribution is 8.17. The summed E-state index contributed by atoms with van der Waals surface area (Å²) in [6, 6.07) is 6.57. The van der Waals surface area contributed by atoms with Crippen molar-refractivity contribution in [1.29, 1.82) is 0 Å². The topological polar surface area (TPSA) is 80.6 Å². The van der Waals surface area contributed by atoms with Crippen LogP contribution in [0.15, 0.2) is 58.9 Å². The van der Waals surface area contributed by atoms with Crippen LogP contribution in [-0.2, 0) is 17.5 Å². The zero-order valence-electron chi connectivity index (χ0n) is 25.5. The number of benzene rings is 1. The molecule has 0 spiro atoms. The number of nitrogens with zero attached hydrogens (tertiary/aromatic N) is 5. The van der Waals surface area contributed by atoms with Gasteiger partial charge < -0.3 is 14.5 Å². The lowest BCUT2D eigenvalue weighted by Crippen LogP contribution is -2.58. The first-order valence-corrected chi connectivity index (χ1v) is 16.9. The molecular weight excluding hydrogens is 629 g/mol. The number of piperazine rings is 1. The predicted octanol–water partition coefficient (Wildman–Crippen LogP) is 5.82. The van der Waals surface area contributed by atoms with E-state index in [0.29, 0.717) is 16.3 Å². The Bertz CT molecular complexity index is 1680. The van der Waals surface area contributed by atoms with Crippen LogP contribution in [0.25, 0.3) is 10.9 Å². The van der Waals surface area contributed by atoms with Crippen LogP contribution in [0.4, 0.5) is 27.8 Å². The fourth-order valence-electron chi connectivity index (χ4n) is 7.13. The number of ether oxygens (including phenoxy) is 1. The van der Waals surface area contributed by atoms with Gasteiger partial charge in [0.25, 0.3) is 0 Å². The number of rotatable bonds is 5. The first-order valence-electron chi connectivity index (χ1n) is 15.3. The molecule has 248 valence electrons. The number of carbonyl (C=O) groups excluding carboxylic acids is 1. The van der Waals surface area contributed by atoms with Gasteiger partial charge in [-0.05, 0) is 56.2 Å². The molecule has 1 saturated carbocycles. The van der Waals surface area contributed by atoms with Crippen LogP contribution in [0.2, 0.25) is 0 Å². The Balaban J connectivity index is 1.53. The van der Waals surface area contributed by atoms with Crippen molar-refractivity contribution in [1.82, 2.24) is 19.4 Å². The van der Waals surface area contributed by atoms with Gasteiger partial charge in [0, 0.05) is 66.3 Å². The molecule has 2 aliphatic heterocycles. The van der Waals surface area contributed by atoms with Crippen molar-refractivity contribution in [2.24, 2.45) is 0 Å². The molecule has 0 bridgehead atoms. The van der Waals surface area contributed by atoms with Crippen LogP contribution in [-0.4, -0.2) is 73.5 Å². The van der Waals surface area contributed by atoms with Gasteiger partial charge in [0.15, 0.2) is 0 Å². The second kappa shape index (κ2) is 12.2. The molecule has 14 heteroatoms. The Hall–Kier alpha value is -3.68. The molecular formula is C32H36F5N5O3S. The number of alkyl halides is 5. The van der Waals surface area contributed by atoms with Gasteiger partial charge in [0.05, 0.1) is 17.6 Å². The molecule has 6 rings (SSSR count). The summed E-state index contributed by atoms with van der Waals surface area (Å²) < 4.78 is 79.9. The molecule has 1 aromatic carbocycles. The average Bonchev–Trinajstić information content (AvgIpc) is 3.16. The van der Waals surface area contributed by atoms with Crippen molar-refractivity contribution in [3.8, 4) is 5.88 Å². The van der Waals surface area contributed by atoms with Crippen molar-refractivity contribution in [3.63, 3.8) is 0 Å². The van der Waals surface area contributed by atoms with E-state index < -0.39 is 40.4 Å². The molecule has 0 N–H and O–H groups in total. The lowest BCUT2D eigenvalue weighted by molar-refractivity contribution is -0.137. The molecule has 1 saturated heterocycles. The zero-order chi connectivity index (χ0) is 33.0. The summed E-state index contributed by atoms with van der Waals surface area (Å²) in [5.41, 5.74) is -1.19. The lowest BCUT2D eigenvalue weighted by atomic mass is 9.96. The molecule has 46 heavy (non-hydrogen) atoms. The molecule has 8 nitrogen and oxygen atoms in total. The van der Waals surface area contributed by atoms with Gasteiger partial charge in [0.2, 0.25) is 17.7 Å². The fraction of sp³-hybridized carbons (Fsp3) is 0.500. The summed E-state index contributed by atoms with van der Waals surface area (Å²) in [6.07, 6.45) is -2.98. The highest BCUT2D eigenvalue weighted by Gasteiger charge is 2.42. The van der Waals surface area contributed by atoms with E-state index in [-0.39, 0.29) is 85.5 Å². The number of anilines is 1. The summed E-state index contributed by atoms with van der Waals surface area (Å²) in [4.78, 5) is 38.8. The minimum atomic E-state index is -4.71. The van der Waals surface area contributed by atoms with E-state index >= 15 is 0 Å². The first-order chi connectivity index (χ1) is 21.8. The van der Waals surface area contributed by atoms with Crippen LogP contribution in [0, 0.1) is 0 Å². The van der Waals surface area contributed by atoms with Gasteiger partial charge in [-0.15, -0.1) is 0 Å². The molecule has 4 atom stereocenters. The number of carbonyl (C=O) groups is 1. The highest BCUT2D eigenvalue weighted by atomic mass is 32.2. The number of hydrogen-bond acceptors (Lipinski definition) is 6. The second-order valence-electron chi connectivity index (χ2n) is 12.4. The maximum atomic E-state index is 14.6. The third-order valence-electron chi connectivity index (χ3n) is 9.16. The van der Waals surface area contributed by atoms with Gasteiger partial charge in [-0.2, -0.15) is 18.2 Å². The lowest BCUT2D eigenvalue weighted by Gasteiger charge is -2.44. The van der Waals surface area contributed by atoms with Crippen molar-refractivity contribution >= 4 is 33.5 Å². The van der Waals surface area contributed by atoms with Crippen LogP contribution in [0.5, 0.6) is 5.88 Å². The van der Waals surface area contributed by atoms with E-state index in [4.69, 9.17) is 4.74 Å². The largest absolute Gasteiger partial charge is 0.472 e. The maximum absolute atomic E-state index is 14.6. The van der Waals surface area contributed by atoms with Gasteiger partial charge >= 0.3 is 11.9 Å². The molecule has 3 aliphatic rings. The van der Waals surface area contributed by atoms with Crippen molar-refractivity contribution in [2.75, 3.05) is 23.7 Å². The van der Waals surface area contributed by atoms with E-state index in [1.807, 2.05) is 13.8 Å². The summed E-state index contributed by atoms with van der Waals surface area (Å²) in [7, 11) is -1.50. The van der Waals surface area contributed by atoms with Gasteiger partial charge in [0.1, 0.15) is 11.9 Å². The molecule has 2 fully saturated rings. The molecule has 0 radical (unpaired) electrons. The van der Waals surface area contributed by atoms with Crippen LogP contribution in [0.3, 0.4) is 0 Å². The second-order valence-corrected chi connectivity index (χ2v) is 14.9. The summed E-state index contributed by atoms with van der Waals surface area (Å²) in [6.45, 7) is 7.70.